The van der Waals surface area contributed by atoms with E-state index in [4.69, 9.17) is 5.11 Å². The van der Waals surface area contributed by atoms with E-state index in [-0.39, 0.29) is 6.61 Å². The molecule has 1 atom stereocenters. The smallest absolute Gasteiger partial charge is 0.0893 e. The van der Waals surface area contributed by atoms with Gasteiger partial charge in [0, 0.05) is 18.5 Å². The van der Waals surface area contributed by atoms with E-state index in [0.29, 0.717) is 5.92 Å². The number of hydrogen-bond donors (Lipinski definition) is 2. The zero-order chi connectivity index (χ0) is 10.2. The van der Waals surface area contributed by atoms with E-state index in [2.05, 4.69) is 21.8 Å². The Morgan fingerprint density at radius 2 is 2.50 bits per heavy atom. The monoisotopic (exact) mass is 215 g/mol. The number of nitrogens with one attached hydrogen (secondary N) is 1. The lowest BCUT2D eigenvalue weighted by molar-refractivity contribution is 0.228. The highest BCUT2D eigenvalue weighted by Gasteiger charge is 1.99. The molecule has 0 aromatic carbocycles. The molecule has 0 saturated heterocycles. The Hall–Kier alpha value is -0.520. The second kappa shape index (κ2) is 6.86. The molecular weight excluding hydrogens is 198 g/mol. The van der Waals surface area contributed by atoms with Gasteiger partial charge in [-0.15, -0.1) is 5.10 Å². The van der Waals surface area contributed by atoms with Crippen LogP contribution in [0.3, 0.4) is 0 Å². The van der Waals surface area contributed by atoms with Gasteiger partial charge in [0.1, 0.15) is 0 Å². The van der Waals surface area contributed by atoms with Crippen LogP contribution in [-0.4, -0.2) is 27.8 Å². The molecular formula is C9H17N3OS. The summed E-state index contributed by atoms with van der Waals surface area (Å²) < 4.78 is 3.78. The largest absolute Gasteiger partial charge is 0.396 e. The molecule has 2 N–H and O–H groups in total. The van der Waals surface area contributed by atoms with Crippen LogP contribution in [0, 0.1) is 5.92 Å². The first-order valence-corrected chi connectivity index (χ1v) is 5.74. The SMILES string of the molecule is CC(CO)CCCNCc1csnn1. The Bertz CT molecular complexity index is 228. The van der Waals surface area contributed by atoms with Crippen LogP contribution in [-0.2, 0) is 6.54 Å². The summed E-state index contributed by atoms with van der Waals surface area (Å²) in [7, 11) is 0. The Balaban J connectivity index is 1.95. The summed E-state index contributed by atoms with van der Waals surface area (Å²) >= 11 is 1.38. The van der Waals surface area contributed by atoms with Crippen molar-refractivity contribution in [1.82, 2.24) is 14.9 Å². The molecule has 0 aliphatic carbocycles. The molecule has 0 bridgehead atoms. The van der Waals surface area contributed by atoms with Crippen LogP contribution < -0.4 is 5.32 Å². The molecule has 4 nitrogen and oxygen atoms in total. The van der Waals surface area contributed by atoms with Crippen molar-refractivity contribution < 1.29 is 5.11 Å². The zero-order valence-electron chi connectivity index (χ0n) is 8.44. The number of aliphatic hydroxyl groups excluding tert-OH is 1. The third-order valence-corrected chi connectivity index (χ3v) is 2.63. The van der Waals surface area contributed by atoms with E-state index in [0.717, 1.165) is 31.6 Å². The molecule has 0 saturated carbocycles. The number of nitrogens with zero attached hydrogens (tertiary/aromatic N) is 2. The molecule has 0 aliphatic rings. The van der Waals surface area contributed by atoms with Gasteiger partial charge >= 0.3 is 0 Å². The van der Waals surface area contributed by atoms with Gasteiger partial charge in [0.15, 0.2) is 0 Å². The van der Waals surface area contributed by atoms with Crippen LogP contribution >= 0.6 is 11.5 Å². The van der Waals surface area contributed by atoms with Crippen molar-refractivity contribution in [3.8, 4) is 0 Å². The highest BCUT2D eigenvalue weighted by Crippen LogP contribution is 2.03. The highest BCUT2D eigenvalue weighted by atomic mass is 32.1. The van der Waals surface area contributed by atoms with E-state index in [1.54, 1.807) is 0 Å². The molecule has 14 heavy (non-hydrogen) atoms. The molecule has 0 radical (unpaired) electrons. The average Bonchev–Trinajstić information content (AvgIpc) is 2.69. The first-order valence-electron chi connectivity index (χ1n) is 4.90. The van der Waals surface area contributed by atoms with Gasteiger partial charge in [0.05, 0.1) is 5.69 Å². The van der Waals surface area contributed by atoms with Crippen molar-refractivity contribution >= 4 is 11.5 Å². The average molecular weight is 215 g/mol. The molecule has 1 unspecified atom stereocenters. The predicted octanol–water partition coefficient (Wildman–Crippen LogP) is 1.04. The van der Waals surface area contributed by atoms with Gasteiger partial charge in [-0.25, -0.2) is 0 Å². The lowest BCUT2D eigenvalue weighted by atomic mass is 10.1. The maximum atomic E-state index is 8.80. The normalized spacial score (nSPS) is 13.0. The Morgan fingerprint density at radius 1 is 1.64 bits per heavy atom. The topological polar surface area (TPSA) is 58.0 Å². The quantitative estimate of drug-likeness (QED) is 0.667. The van der Waals surface area contributed by atoms with Crippen molar-refractivity contribution in [3.63, 3.8) is 0 Å². The summed E-state index contributed by atoms with van der Waals surface area (Å²) in [6.07, 6.45) is 2.16. The molecule has 1 aromatic heterocycles. The van der Waals surface area contributed by atoms with Gasteiger partial charge < -0.3 is 10.4 Å². The van der Waals surface area contributed by atoms with Gasteiger partial charge in [-0.1, -0.05) is 11.4 Å². The molecule has 1 heterocycles. The van der Waals surface area contributed by atoms with Crippen LogP contribution in [0.1, 0.15) is 25.5 Å². The summed E-state index contributed by atoms with van der Waals surface area (Å²) in [6.45, 7) is 4.12. The van der Waals surface area contributed by atoms with Crippen LogP contribution in [0.2, 0.25) is 0 Å². The van der Waals surface area contributed by atoms with Crippen LogP contribution in [0.15, 0.2) is 5.38 Å². The molecule has 0 amide bonds. The van der Waals surface area contributed by atoms with E-state index in [1.165, 1.54) is 11.5 Å². The van der Waals surface area contributed by atoms with Crippen LogP contribution in [0.4, 0.5) is 0 Å². The van der Waals surface area contributed by atoms with Gasteiger partial charge in [-0.2, -0.15) is 0 Å². The Labute approximate surface area is 88.5 Å². The standard InChI is InChI=1S/C9H17N3OS/c1-8(6-13)3-2-4-10-5-9-7-14-12-11-9/h7-8,10,13H,2-6H2,1H3. The summed E-state index contributed by atoms with van der Waals surface area (Å²) in [5.74, 6) is 0.415. The van der Waals surface area contributed by atoms with Crippen molar-refractivity contribution in [1.29, 1.82) is 0 Å². The van der Waals surface area contributed by atoms with E-state index in [9.17, 15) is 0 Å². The van der Waals surface area contributed by atoms with Crippen molar-refractivity contribution in [3.05, 3.63) is 11.1 Å². The summed E-state index contributed by atoms with van der Waals surface area (Å²) in [5.41, 5.74) is 1.00. The lowest BCUT2D eigenvalue weighted by Crippen LogP contribution is -2.16. The zero-order valence-corrected chi connectivity index (χ0v) is 9.26. The van der Waals surface area contributed by atoms with Gasteiger partial charge in [0.25, 0.3) is 0 Å². The van der Waals surface area contributed by atoms with E-state index in [1.807, 2.05) is 5.38 Å². The van der Waals surface area contributed by atoms with Crippen LogP contribution in [0.5, 0.6) is 0 Å². The van der Waals surface area contributed by atoms with Gasteiger partial charge in [-0.3, -0.25) is 0 Å². The maximum Gasteiger partial charge on any atom is 0.0893 e. The molecule has 5 heteroatoms. The number of rotatable bonds is 7. The summed E-state index contributed by atoms with van der Waals surface area (Å²) in [5, 5.41) is 18.0. The lowest BCUT2D eigenvalue weighted by Gasteiger charge is -2.07. The van der Waals surface area contributed by atoms with Crippen molar-refractivity contribution in [2.24, 2.45) is 5.92 Å². The fourth-order valence-electron chi connectivity index (χ4n) is 1.14. The Kier molecular flexibility index (Phi) is 5.66. The second-order valence-corrected chi connectivity index (χ2v) is 4.11. The number of aliphatic hydroxyl groups is 1. The van der Waals surface area contributed by atoms with Gasteiger partial charge in [0.2, 0.25) is 0 Å². The third kappa shape index (κ3) is 4.64. The summed E-state index contributed by atoms with van der Waals surface area (Å²) in [6, 6.07) is 0. The Morgan fingerprint density at radius 3 is 3.14 bits per heavy atom. The minimum Gasteiger partial charge on any atom is -0.396 e. The molecule has 80 valence electrons. The first-order chi connectivity index (χ1) is 6.83. The molecule has 1 aromatic rings. The van der Waals surface area contributed by atoms with E-state index < -0.39 is 0 Å². The maximum absolute atomic E-state index is 8.80. The highest BCUT2D eigenvalue weighted by molar-refractivity contribution is 7.03. The first kappa shape index (κ1) is 11.6. The van der Waals surface area contributed by atoms with Gasteiger partial charge in [-0.05, 0) is 36.8 Å². The minimum atomic E-state index is 0.288. The van der Waals surface area contributed by atoms with Crippen LogP contribution in [0.25, 0.3) is 0 Å². The minimum absolute atomic E-state index is 0.288. The van der Waals surface area contributed by atoms with Crippen molar-refractivity contribution in [2.45, 2.75) is 26.3 Å². The fraction of sp³-hybridized carbons (Fsp3) is 0.778. The number of aromatic nitrogens is 2. The fourth-order valence-corrected chi connectivity index (χ4v) is 1.60. The third-order valence-electron chi connectivity index (χ3n) is 2.07. The molecule has 1 rings (SSSR count). The second-order valence-electron chi connectivity index (χ2n) is 3.50. The number of hydrogen-bond acceptors (Lipinski definition) is 5. The van der Waals surface area contributed by atoms with Crippen molar-refractivity contribution in [2.75, 3.05) is 13.2 Å². The summed E-state index contributed by atoms with van der Waals surface area (Å²) in [4.78, 5) is 0. The van der Waals surface area contributed by atoms with E-state index >= 15 is 0 Å². The molecule has 0 spiro atoms. The molecule has 0 aliphatic heterocycles. The predicted molar refractivity (Wildman–Crippen MR) is 57.1 cm³/mol. The molecule has 0 fully saturated rings.